The molecule has 1 aliphatic heterocycles. The Bertz CT molecular complexity index is 1180. The second kappa shape index (κ2) is 9.65. The van der Waals surface area contributed by atoms with Crippen LogP contribution in [0.3, 0.4) is 0 Å². The molecule has 12 heteroatoms. The van der Waals surface area contributed by atoms with Crippen molar-refractivity contribution < 1.29 is 27.2 Å². The van der Waals surface area contributed by atoms with Crippen molar-refractivity contribution in [3.8, 4) is 0 Å². The number of carbonyl (C=O) groups excluding carboxylic acids is 2. The Kier molecular flexibility index (Phi) is 6.66. The first-order valence-electron chi connectivity index (χ1n) is 10.7. The molecular weight excluding hydrogens is 456 g/mol. The monoisotopic (exact) mass is 478 g/mol. The van der Waals surface area contributed by atoms with Gasteiger partial charge in [-0.05, 0) is 42.7 Å². The predicted molar refractivity (Wildman–Crippen MR) is 113 cm³/mol. The first-order chi connectivity index (χ1) is 16.2. The molecule has 1 atom stereocenters. The van der Waals surface area contributed by atoms with Gasteiger partial charge in [-0.25, -0.2) is 9.18 Å². The largest absolute Gasteiger partial charge is 0.417 e. The second-order valence-corrected chi connectivity index (χ2v) is 8.04. The zero-order valence-corrected chi connectivity index (χ0v) is 18.0. The van der Waals surface area contributed by atoms with Gasteiger partial charge in [-0.1, -0.05) is 12.1 Å². The SMILES string of the molecule is O=C(NCC(=O)N1CCCC(c2nnc3ccc(C(F)(F)F)cn23)C1)NCc1ccc(F)cc1. The Morgan fingerprint density at radius 2 is 1.82 bits per heavy atom. The van der Waals surface area contributed by atoms with Gasteiger partial charge in [0.05, 0.1) is 12.1 Å². The number of amides is 3. The van der Waals surface area contributed by atoms with Crippen molar-refractivity contribution in [2.24, 2.45) is 0 Å². The molecular formula is C22H22F4N6O2. The topological polar surface area (TPSA) is 91.6 Å². The number of hydrogen-bond acceptors (Lipinski definition) is 4. The third kappa shape index (κ3) is 5.43. The highest BCUT2D eigenvalue weighted by atomic mass is 19.4. The molecule has 1 aliphatic rings. The van der Waals surface area contributed by atoms with Crippen LogP contribution < -0.4 is 10.6 Å². The van der Waals surface area contributed by atoms with E-state index in [0.29, 0.717) is 36.4 Å². The molecule has 1 fully saturated rings. The summed E-state index contributed by atoms with van der Waals surface area (Å²) in [5, 5.41) is 13.1. The molecule has 0 saturated carbocycles. The summed E-state index contributed by atoms with van der Waals surface area (Å²) >= 11 is 0. The molecule has 180 valence electrons. The number of rotatable bonds is 5. The third-order valence-electron chi connectivity index (χ3n) is 5.66. The summed E-state index contributed by atoms with van der Waals surface area (Å²) in [5.74, 6) is -0.614. The van der Waals surface area contributed by atoms with E-state index in [1.165, 1.54) is 22.6 Å². The normalized spacial score (nSPS) is 16.5. The lowest BCUT2D eigenvalue weighted by Gasteiger charge is -2.32. The number of nitrogens with zero attached hydrogens (tertiary/aromatic N) is 4. The summed E-state index contributed by atoms with van der Waals surface area (Å²) in [6.07, 6.45) is -2.24. The average molecular weight is 478 g/mol. The van der Waals surface area contributed by atoms with E-state index in [1.54, 1.807) is 17.0 Å². The molecule has 0 radical (unpaired) electrons. The van der Waals surface area contributed by atoms with E-state index < -0.39 is 17.8 Å². The van der Waals surface area contributed by atoms with Crippen LogP contribution in [0.5, 0.6) is 0 Å². The standard InChI is InChI=1S/C22H22F4N6O2/c23-17-6-3-14(4-7-17)10-27-21(34)28-11-19(33)31-9-1-2-15(12-31)20-30-29-18-8-5-16(13-32(18)20)22(24,25)26/h3-8,13,15H,1-2,9-12H2,(H2,27,28,34). The number of urea groups is 1. The Labute approximate surface area is 192 Å². The quantitative estimate of drug-likeness (QED) is 0.552. The van der Waals surface area contributed by atoms with Crippen molar-refractivity contribution in [3.63, 3.8) is 0 Å². The molecule has 3 aromatic rings. The molecule has 34 heavy (non-hydrogen) atoms. The van der Waals surface area contributed by atoms with Crippen molar-refractivity contribution in [1.82, 2.24) is 30.1 Å². The molecule has 8 nitrogen and oxygen atoms in total. The van der Waals surface area contributed by atoms with Crippen LogP contribution in [0.1, 0.15) is 35.7 Å². The Morgan fingerprint density at radius 3 is 2.56 bits per heavy atom. The highest BCUT2D eigenvalue weighted by molar-refractivity contribution is 5.84. The molecule has 1 unspecified atom stereocenters. The number of carbonyl (C=O) groups is 2. The van der Waals surface area contributed by atoms with Gasteiger partial charge in [0.2, 0.25) is 5.91 Å². The Hall–Kier alpha value is -3.70. The summed E-state index contributed by atoms with van der Waals surface area (Å²) in [4.78, 5) is 26.2. The van der Waals surface area contributed by atoms with Gasteiger partial charge in [0, 0.05) is 31.7 Å². The van der Waals surface area contributed by atoms with Gasteiger partial charge in [-0.15, -0.1) is 10.2 Å². The Morgan fingerprint density at radius 1 is 1.06 bits per heavy atom. The van der Waals surface area contributed by atoms with Gasteiger partial charge < -0.3 is 15.5 Å². The van der Waals surface area contributed by atoms with Gasteiger partial charge in [0.15, 0.2) is 5.65 Å². The number of aromatic nitrogens is 3. The van der Waals surface area contributed by atoms with Crippen LogP contribution in [-0.4, -0.2) is 51.1 Å². The lowest BCUT2D eigenvalue weighted by atomic mass is 9.97. The molecule has 2 N–H and O–H groups in total. The molecule has 0 spiro atoms. The Balaban J connectivity index is 1.34. The van der Waals surface area contributed by atoms with E-state index >= 15 is 0 Å². The fraction of sp³-hybridized carbons (Fsp3) is 0.364. The van der Waals surface area contributed by atoms with Crippen LogP contribution in [0.25, 0.3) is 5.65 Å². The maximum Gasteiger partial charge on any atom is 0.417 e. The van der Waals surface area contributed by atoms with Crippen molar-refractivity contribution in [2.45, 2.75) is 31.5 Å². The van der Waals surface area contributed by atoms with Crippen molar-refractivity contribution in [1.29, 1.82) is 0 Å². The third-order valence-corrected chi connectivity index (χ3v) is 5.66. The molecule has 3 amide bonds. The summed E-state index contributed by atoms with van der Waals surface area (Å²) in [7, 11) is 0. The van der Waals surface area contributed by atoms with E-state index in [-0.39, 0.29) is 37.3 Å². The number of nitrogens with one attached hydrogen (secondary N) is 2. The van der Waals surface area contributed by atoms with E-state index in [2.05, 4.69) is 20.8 Å². The summed E-state index contributed by atoms with van der Waals surface area (Å²) in [5.41, 5.74) is 0.197. The van der Waals surface area contributed by atoms with E-state index in [9.17, 15) is 27.2 Å². The van der Waals surface area contributed by atoms with Crippen LogP contribution in [0.4, 0.5) is 22.4 Å². The van der Waals surface area contributed by atoms with E-state index in [1.807, 2.05) is 0 Å². The molecule has 2 aromatic heterocycles. The molecule has 1 saturated heterocycles. The van der Waals surface area contributed by atoms with E-state index in [4.69, 9.17) is 0 Å². The number of piperidine rings is 1. The molecule has 0 bridgehead atoms. The van der Waals surface area contributed by atoms with Crippen molar-refractivity contribution >= 4 is 17.6 Å². The minimum Gasteiger partial charge on any atom is -0.340 e. The van der Waals surface area contributed by atoms with Gasteiger partial charge in [0.25, 0.3) is 0 Å². The summed E-state index contributed by atoms with van der Waals surface area (Å²) in [6, 6.07) is 7.33. The van der Waals surface area contributed by atoms with Crippen molar-refractivity contribution in [2.75, 3.05) is 19.6 Å². The number of benzene rings is 1. The molecule has 0 aliphatic carbocycles. The summed E-state index contributed by atoms with van der Waals surface area (Å²) < 4.78 is 53.6. The van der Waals surface area contributed by atoms with Crippen LogP contribution in [0.2, 0.25) is 0 Å². The smallest absolute Gasteiger partial charge is 0.340 e. The lowest BCUT2D eigenvalue weighted by molar-refractivity contribution is -0.137. The molecule has 1 aromatic carbocycles. The molecule has 3 heterocycles. The highest BCUT2D eigenvalue weighted by Gasteiger charge is 2.32. The zero-order chi connectivity index (χ0) is 24.3. The number of likely N-dealkylation sites (tertiary alicyclic amines) is 1. The van der Waals surface area contributed by atoms with Gasteiger partial charge in [-0.3, -0.25) is 9.20 Å². The maximum absolute atomic E-state index is 13.1. The van der Waals surface area contributed by atoms with Crippen LogP contribution in [0, 0.1) is 5.82 Å². The minimum absolute atomic E-state index is 0.173. The molecule has 4 rings (SSSR count). The van der Waals surface area contributed by atoms with Crippen molar-refractivity contribution in [3.05, 3.63) is 65.4 Å². The number of pyridine rings is 1. The average Bonchev–Trinajstić information content (AvgIpc) is 3.25. The first-order valence-corrected chi connectivity index (χ1v) is 10.7. The minimum atomic E-state index is -4.49. The fourth-order valence-corrected chi connectivity index (χ4v) is 3.88. The van der Waals surface area contributed by atoms with Gasteiger partial charge >= 0.3 is 12.2 Å². The number of hydrogen-bond donors (Lipinski definition) is 2. The highest BCUT2D eigenvalue weighted by Crippen LogP contribution is 2.31. The first kappa shape index (κ1) is 23.5. The zero-order valence-electron chi connectivity index (χ0n) is 18.0. The van der Waals surface area contributed by atoms with Crippen LogP contribution in [0.15, 0.2) is 42.6 Å². The van der Waals surface area contributed by atoms with Gasteiger partial charge in [0.1, 0.15) is 11.6 Å². The lowest BCUT2D eigenvalue weighted by Crippen LogP contribution is -2.46. The van der Waals surface area contributed by atoms with Crippen LogP contribution >= 0.6 is 0 Å². The predicted octanol–water partition coefficient (Wildman–Crippen LogP) is 3.09. The fourth-order valence-electron chi connectivity index (χ4n) is 3.88. The number of fused-ring (bicyclic) bond motifs is 1. The maximum atomic E-state index is 13.1. The number of halogens is 4. The van der Waals surface area contributed by atoms with E-state index in [0.717, 1.165) is 12.3 Å². The van der Waals surface area contributed by atoms with Crippen LogP contribution in [-0.2, 0) is 17.5 Å². The number of alkyl halides is 3. The summed E-state index contributed by atoms with van der Waals surface area (Å²) in [6.45, 7) is 0.667. The van der Waals surface area contributed by atoms with Gasteiger partial charge in [-0.2, -0.15) is 13.2 Å². The second-order valence-electron chi connectivity index (χ2n) is 8.04.